The molecule has 0 amide bonds. The van der Waals surface area contributed by atoms with Crippen LogP contribution >= 0.6 is 11.8 Å². The molecule has 0 spiro atoms. The summed E-state index contributed by atoms with van der Waals surface area (Å²) >= 11 is 1.82. The predicted octanol–water partition coefficient (Wildman–Crippen LogP) is 3.47. The van der Waals surface area contributed by atoms with E-state index >= 15 is 0 Å². The van der Waals surface area contributed by atoms with Gasteiger partial charge in [0.05, 0.1) is 0 Å². The third-order valence-corrected chi connectivity index (χ3v) is 2.61. The van der Waals surface area contributed by atoms with E-state index in [4.69, 9.17) is 0 Å². The van der Waals surface area contributed by atoms with Crippen molar-refractivity contribution in [1.82, 2.24) is 0 Å². The van der Waals surface area contributed by atoms with Crippen molar-refractivity contribution in [2.24, 2.45) is 0 Å². The Labute approximate surface area is 78.1 Å². The number of thioether (sulfide) groups is 1. The third kappa shape index (κ3) is 2.59. The Bertz CT molecular complexity index is 267. The smallest absolute Gasteiger partial charge is 0.0231 e. The quantitative estimate of drug-likeness (QED) is 0.593. The molecular weight excluding hydrogens is 164 g/mol. The first-order valence-corrected chi connectivity index (χ1v) is 4.80. The SMILES string of the molecule is C=CC=CC1=CC=C(C=C)CS1. The van der Waals surface area contributed by atoms with Crippen LogP contribution in [0.2, 0.25) is 0 Å². The third-order valence-electron chi connectivity index (χ3n) is 1.53. The largest absolute Gasteiger partial charge is 0.121 e. The summed E-state index contributed by atoms with van der Waals surface area (Å²) in [5.74, 6) is 1.02. The molecular formula is C11H12S. The molecule has 1 aliphatic heterocycles. The van der Waals surface area contributed by atoms with Gasteiger partial charge in [-0.1, -0.05) is 37.5 Å². The van der Waals surface area contributed by atoms with Crippen LogP contribution in [0.3, 0.4) is 0 Å². The van der Waals surface area contributed by atoms with Gasteiger partial charge in [-0.05, 0) is 17.7 Å². The fraction of sp³-hybridized carbons (Fsp3) is 0.0909. The molecule has 12 heavy (non-hydrogen) atoms. The van der Waals surface area contributed by atoms with Gasteiger partial charge in [-0.2, -0.15) is 0 Å². The maximum atomic E-state index is 3.73. The first kappa shape index (κ1) is 9.14. The highest BCUT2D eigenvalue weighted by Crippen LogP contribution is 2.25. The molecule has 0 unspecified atom stereocenters. The van der Waals surface area contributed by atoms with Gasteiger partial charge in [0.1, 0.15) is 0 Å². The Kier molecular flexibility index (Phi) is 3.68. The Morgan fingerprint density at radius 1 is 1.33 bits per heavy atom. The van der Waals surface area contributed by atoms with E-state index in [2.05, 4.69) is 31.4 Å². The molecule has 1 rings (SSSR count). The summed E-state index contributed by atoms with van der Waals surface area (Å²) in [4.78, 5) is 1.28. The zero-order valence-corrected chi connectivity index (χ0v) is 7.81. The van der Waals surface area contributed by atoms with E-state index < -0.39 is 0 Å². The van der Waals surface area contributed by atoms with E-state index in [0.29, 0.717) is 0 Å². The summed E-state index contributed by atoms with van der Waals surface area (Å²) in [6.45, 7) is 7.35. The molecule has 0 atom stereocenters. The van der Waals surface area contributed by atoms with Crippen molar-refractivity contribution in [2.45, 2.75) is 0 Å². The van der Waals surface area contributed by atoms with Gasteiger partial charge in [0, 0.05) is 10.7 Å². The Hall–Kier alpha value is -0.950. The lowest BCUT2D eigenvalue weighted by Gasteiger charge is -2.07. The predicted molar refractivity (Wildman–Crippen MR) is 58.2 cm³/mol. The van der Waals surface area contributed by atoms with Crippen LogP contribution in [0.15, 0.2) is 60.1 Å². The molecule has 0 fully saturated rings. The summed E-state index contributed by atoms with van der Waals surface area (Å²) in [6, 6.07) is 0. The fourth-order valence-corrected chi connectivity index (χ4v) is 1.73. The minimum absolute atomic E-state index is 1.02. The van der Waals surface area contributed by atoms with Crippen LogP contribution in [-0.2, 0) is 0 Å². The van der Waals surface area contributed by atoms with E-state index in [0.717, 1.165) is 5.75 Å². The second kappa shape index (κ2) is 4.83. The number of hydrogen-bond donors (Lipinski definition) is 0. The highest BCUT2D eigenvalue weighted by atomic mass is 32.2. The molecule has 0 radical (unpaired) electrons. The molecule has 0 saturated heterocycles. The number of allylic oxidation sites excluding steroid dienone is 6. The van der Waals surface area contributed by atoms with Crippen molar-refractivity contribution < 1.29 is 0 Å². The maximum absolute atomic E-state index is 3.73. The van der Waals surface area contributed by atoms with E-state index in [9.17, 15) is 0 Å². The number of hydrogen-bond acceptors (Lipinski definition) is 1. The van der Waals surface area contributed by atoms with Gasteiger partial charge in [0.15, 0.2) is 0 Å². The Morgan fingerprint density at radius 3 is 2.67 bits per heavy atom. The number of rotatable bonds is 3. The molecule has 1 heteroatoms. The van der Waals surface area contributed by atoms with E-state index in [1.807, 2.05) is 23.9 Å². The van der Waals surface area contributed by atoms with Crippen molar-refractivity contribution in [3.63, 3.8) is 0 Å². The van der Waals surface area contributed by atoms with Crippen LogP contribution in [0.25, 0.3) is 0 Å². The molecule has 62 valence electrons. The van der Waals surface area contributed by atoms with Crippen LogP contribution in [0.4, 0.5) is 0 Å². The van der Waals surface area contributed by atoms with E-state index in [-0.39, 0.29) is 0 Å². The van der Waals surface area contributed by atoms with Crippen LogP contribution in [0.1, 0.15) is 0 Å². The highest BCUT2D eigenvalue weighted by molar-refractivity contribution is 8.03. The summed E-state index contributed by atoms with van der Waals surface area (Å²) in [7, 11) is 0. The molecule has 1 heterocycles. The lowest BCUT2D eigenvalue weighted by Crippen LogP contribution is -1.88. The molecule has 0 saturated carbocycles. The zero-order valence-electron chi connectivity index (χ0n) is 6.99. The minimum Gasteiger partial charge on any atom is -0.121 e. The molecule has 1 aliphatic rings. The average molecular weight is 176 g/mol. The Balaban J connectivity index is 2.65. The van der Waals surface area contributed by atoms with E-state index in [1.165, 1.54) is 10.5 Å². The van der Waals surface area contributed by atoms with Gasteiger partial charge in [0.2, 0.25) is 0 Å². The molecule has 0 bridgehead atoms. The van der Waals surface area contributed by atoms with Crippen LogP contribution in [0.5, 0.6) is 0 Å². The summed E-state index contributed by atoms with van der Waals surface area (Å²) in [5.41, 5.74) is 1.29. The van der Waals surface area contributed by atoms with Gasteiger partial charge >= 0.3 is 0 Å². The average Bonchev–Trinajstić information content (AvgIpc) is 2.15. The summed E-state index contributed by atoms with van der Waals surface area (Å²) in [6.07, 6.45) is 11.9. The molecule has 0 N–H and O–H groups in total. The topological polar surface area (TPSA) is 0 Å². The molecule has 0 aromatic carbocycles. The second-order valence-electron chi connectivity index (χ2n) is 2.40. The molecule has 0 aliphatic carbocycles. The summed E-state index contributed by atoms with van der Waals surface area (Å²) in [5, 5.41) is 0. The molecule has 0 aromatic heterocycles. The van der Waals surface area contributed by atoms with Crippen molar-refractivity contribution >= 4 is 11.8 Å². The minimum atomic E-state index is 1.02. The van der Waals surface area contributed by atoms with Crippen molar-refractivity contribution in [3.05, 3.63) is 60.1 Å². The summed E-state index contributed by atoms with van der Waals surface area (Å²) < 4.78 is 0. The normalized spacial score (nSPS) is 17.0. The van der Waals surface area contributed by atoms with Gasteiger partial charge < -0.3 is 0 Å². The first-order valence-electron chi connectivity index (χ1n) is 3.82. The van der Waals surface area contributed by atoms with Gasteiger partial charge in [-0.25, -0.2) is 0 Å². The zero-order chi connectivity index (χ0) is 8.81. The fourth-order valence-electron chi connectivity index (χ4n) is 0.846. The monoisotopic (exact) mass is 176 g/mol. The van der Waals surface area contributed by atoms with Crippen LogP contribution in [-0.4, -0.2) is 5.75 Å². The van der Waals surface area contributed by atoms with Gasteiger partial charge in [0.25, 0.3) is 0 Å². The Morgan fingerprint density at radius 2 is 2.17 bits per heavy atom. The maximum Gasteiger partial charge on any atom is 0.0231 e. The lowest BCUT2D eigenvalue weighted by molar-refractivity contribution is 1.53. The molecule has 0 aromatic rings. The standard InChI is InChI=1S/C11H12S/c1-3-5-6-11-8-7-10(4-2)9-12-11/h3-8H,1-2,9H2. The van der Waals surface area contributed by atoms with E-state index in [1.54, 1.807) is 6.08 Å². The van der Waals surface area contributed by atoms with Gasteiger partial charge in [-0.3, -0.25) is 0 Å². The van der Waals surface area contributed by atoms with Crippen molar-refractivity contribution in [1.29, 1.82) is 0 Å². The lowest BCUT2D eigenvalue weighted by atomic mass is 10.2. The van der Waals surface area contributed by atoms with Crippen molar-refractivity contribution in [2.75, 3.05) is 5.75 Å². The highest BCUT2D eigenvalue weighted by Gasteiger charge is 2.00. The van der Waals surface area contributed by atoms with Crippen LogP contribution in [0, 0.1) is 0 Å². The van der Waals surface area contributed by atoms with Crippen molar-refractivity contribution in [3.8, 4) is 0 Å². The molecule has 0 nitrogen and oxygen atoms in total. The van der Waals surface area contributed by atoms with Crippen LogP contribution < -0.4 is 0 Å². The first-order chi connectivity index (χ1) is 5.86. The second-order valence-corrected chi connectivity index (χ2v) is 3.45. The van der Waals surface area contributed by atoms with Gasteiger partial charge in [-0.15, -0.1) is 11.8 Å².